The largest absolute Gasteiger partial charge is 0.368 e. The third kappa shape index (κ3) is 4.80. The molecule has 0 spiro atoms. The molecule has 108 valence electrons. The summed E-state index contributed by atoms with van der Waals surface area (Å²) in [5.74, 6) is -0.179. The van der Waals surface area contributed by atoms with E-state index in [0.29, 0.717) is 5.69 Å². The van der Waals surface area contributed by atoms with Crippen LogP contribution < -0.4 is 10.6 Å². The Labute approximate surface area is 116 Å². The summed E-state index contributed by atoms with van der Waals surface area (Å²) in [6.45, 7) is 6.58. The van der Waals surface area contributed by atoms with Crippen molar-refractivity contribution in [3.8, 4) is 0 Å². The van der Waals surface area contributed by atoms with Gasteiger partial charge in [0.15, 0.2) is 0 Å². The standard InChI is InChI=1S/C15H26FN3/c1-5-8-19(10-9-18(3)4)15-7-6-13(12(2)17)11-14(15)16/h6-7,11-12H,5,8-10,17H2,1-4H3/t12-/m1/s1. The van der Waals surface area contributed by atoms with Crippen molar-refractivity contribution in [3.63, 3.8) is 0 Å². The first-order valence-electron chi connectivity index (χ1n) is 6.90. The summed E-state index contributed by atoms with van der Waals surface area (Å²) < 4.78 is 14.2. The van der Waals surface area contributed by atoms with Gasteiger partial charge in [0.1, 0.15) is 5.82 Å². The highest BCUT2D eigenvalue weighted by Gasteiger charge is 2.12. The van der Waals surface area contributed by atoms with Crippen LogP contribution in [0.2, 0.25) is 0 Å². The molecule has 0 aromatic heterocycles. The second-order valence-electron chi connectivity index (χ2n) is 5.29. The molecule has 0 unspecified atom stereocenters. The molecule has 0 saturated carbocycles. The summed E-state index contributed by atoms with van der Waals surface area (Å²) in [5.41, 5.74) is 7.29. The van der Waals surface area contributed by atoms with E-state index in [1.165, 1.54) is 0 Å². The van der Waals surface area contributed by atoms with E-state index in [9.17, 15) is 4.39 Å². The Balaban J connectivity index is 2.89. The molecule has 1 aromatic carbocycles. The fourth-order valence-corrected chi connectivity index (χ4v) is 2.01. The lowest BCUT2D eigenvalue weighted by Gasteiger charge is -2.26. The topological polar surface area (TPSA) is 32.5 Å². The molecule has 1 aromatic rings. The average Bonchev–Trinajstić information content (AvgIpc) is 2.34. The van der Waals surface area contributed by atoms with Crippen LogP contribution in [-0.4, -0.2) is 38.6 Å². The molecule has 2 N–H and O–H groups in total. The Kier molecular flexibility index (Phi) is 6.25. The Morgan fingerprint density at radius 2 is 1.89 bits per heavy atom. The molecular formula is C15H26FN3. The maximum absolute atomic E-state index is 14.2. The zero-order chi connectivity index (χ0) is 14.4. The quantitative estimate of drug-likeness (QED) is 0.824. The third-order valence-corrected chi connectivity index (χ3v) is 3.15. The van der Waals surface area contributed by atoms with Gasteiger partial charge in [-0.3, -0.25) is 0 Å². The van der Waals surface area contributed by atoms with Crippen molar-refractivity contribution < 1.29 is 4.39 Å². The Morgan fingerprint density at radius 3 is 2.37 bits per heavy atom. The van der Waals surface area contributed by atoms with Crippen LogP contribution in [0.5, 0.6) is 0 Å². The van der Waals surface area contributed by atoms with Gasteiger partial charge in [-0.05, 0) is 45.1 Å². The molecule has 0 amide bonds. The minimum Gasteiger partial charge on any atom is -0.368 e. The van der Waals surface area contributed by atoms with E-state index >= 15 is 0 Å². The van der Waals surface area contributed by atoms with Gasteiger partial charge < -0.3 is 15.5 Å². The number of halogens is 1. The van der Waals surface area contributed by atoms with Crippen LogP contribution in [0, 0.1) is 5.82 Å². The molecule has 0 bridgehead atoms. The number of benzene rings is 1. The molecule has 0 aliphatic heterocycles. The molecule has 0 radical (unpaired) electrons. The van der Waals surface area contributed by atoms with Crippen molar-refractivity contribution >= 4 is 5.69 Å². The average molecular weight is 267 g/mol. The predicted octanol–water partition coefficient (Wildman–Crippen LogP) is 2.62. The van der Waals surface area contributed by atoms with Crippen molar-refractivity contribution in [3.05, 3.63) is 29.6 Å². The second-order valence-corrected chi connectivity index (χ2v) is 5.29. The maximum atomic E-state index is 14.2. The number of rotatable bonds is 7. The minimum atomic E-state index is -0.179. The van der Waals surface area contributed by atoms with E-state index in [-0.39, 0.29) is 11.9 Å². The minimum absolute atomic E-state index is 0.134. The summed E-state index contributed by atoms with van der Waals surface area (Å²) in [5, 5.41) is 0. The fourth-order valence-electron chi connectivity index (χ4n) is 2.01. The van der Waals surface area contributed by atoms with Gasteiger partial charge in [0.25, 0.3) is 0 Å². The monoisotopic (exact) mass is 267 g/mol. The first kappa shape index (κ1) is 15.9. The van der Waals surface area contributed by atoms with E-state index in [0.717, 1.165) is 31.6 Å². The molecule has 0 aliphatic rings. The maximum Gasteiger partial charge on any atom is 0.146 e. The van der Waals surface area contributed by atoms with Gasteiger partial charge in [0.2, 0.25) is 0 Å². The number of hydrogen-bond donors (Lipinski definition) is 1. The van der Waals surface area contributed by atoms with Crippen molar-refractivity contribution in [2.45, 2.75) is 26.3 Å². The van der Waals surface area contributed by atoms with Crippen LogP contribution in [0.1, 0.15) is 31.9 Å². The van der Waals surface area contributed by atoms with Gasteiger partial charge >= 0.3 is 0 Å². The van der Waals surface area contributed by atoms with Gasteiger partial charge in [0.05, 0.1) is 5.69 Å². The van der Waals surface area contributed by atoms with Crippen molar-refractivity contribution in [2.24, 2.45) is 5.73 Å². The molecule has 0 aliphatic carbocycles. The molecular weight excluding hydrogens is 241 g/mol. The molecule has 19 heavy (non-hydrogen) atoms. The summed E-state index contributed by atoms with van der Waals surface area (Å²) in [6.07, 6.45) is 1.00. The summed E-state index contributed by atoms with van der Waals surface area (Å²) in [6, 6.07) is 5.18. The number of anilines is 1. The van der Waals surface area contributed by atoms with Crippen molar-refractivity contribution in [2.75, 3.05) is 38.6 Å². The first-order valence-corrected chi connectivity index (χ1v) is 6.90. The lowest BCUT2D eigenvalue weighted by Crippen LogP contribution is -2.33. The fraction of sp³-hybridized carbons (Fsp3) is 0.600. The molecule has 1 rings (SSSR count). The lowest BCUT2D eigenvalue weighted by molar-refractivity contribution is 0.412. The van der Waals surface area contributed by atoms with Crippen LogP contribution in [0.4, 0.5) is 10.1 Å². The molecule has 1 atom stereocenters. The van der Waals surface area contributed by atoms with Gasteiger partial charge in [-0.1, -0.05) is 13.0 Å². The summed E-state index contributed by atoms with van der Waals surface area (Å²) in [7, 11) is 4.05. The molecule has 0 saturated heterocycles. The molecule has 3 nitrogen and oxygen atoms in total. The number of nitrogens with zero attached hydrogens (tertiary/aromatic N) is 2. The highest BCUT2D eigenvalue weighted by molar-refractivity contribution is 5.49. The van der Waals surface area contributed by atoms with Crippen molar-refractivity contribution in [1.82, 2.24) is 4.90 Å². The SMILES string of the molecule is CCCN(CCN(C)C)c1ccc([C@@H](C)N)cc1F. The van der Waals surface area contributed by atoms with Gasteiger partial charge in [0, 0.05) is 25.7 Å². The number of likely N-dealkylation sites (N-methyl/N-ethyl adjacent to an activating group) is 1. The zero-order valence-corrected chi connectivity index (χ0v) is 12.5. The van der Waals surface area contributed by atoms with Crippen LogP contribution in [-0.2, 0) is 0 Å². The van der Waals surface area contributed by atoms with E-state index < -0.39 is 0 Å². The highest BCUT2D eigenvalue weighted by atomic mass is 19.1. The summed E-state index contributed by atoms with van der Waals surface area (Å²) in [4.78, 5) is 4.21. The van der Waals surface area contributed by atoms with Crippen LogP contribution in [0.25, 0.3) is 0 Å². The molecule has 0 heterocycles. The zero-order valence-electron chi connectivity index (χ0n) is 12.5. The lowest BCUT2D eigenvalue weighted by atomic mass is 10.1. The van der Waals surface area contributed by atoms with Gasteiger partial charge in [-0.2, -0.15) is 0 Å². The molecule has 0 fully saturated rings. The molecule has 4 heteroatoms. The second kappa shape index (κ2) is 7.46. The first-order chi connectivity index (χ1) is 8.95. The van der Waals surface area contributed by atoms with Gasteiger partial charge in [-0.25, -0.2) is 4.39 Å². The Hall–Kier alpha value is -1.13. The summed E-state index contributed by atoms with van der Waals surface area (Å²) >= 11 is 0. The van der Waals surface area contributed by atoms with Crippen LogP contribution in [0.3, 0.4) is 0 Å². The Bertz CT molecular complexity index is 391. The highest BCUT2D eigenvalue weighted by Crippen LogP contribution is 2.23. The van der Waals surface area contributed by atoms with Crippen molar-refractivity contribution in [1.29, 1.82) is 0 Å². The smallest absolute Gasteiger partial charge is 0.146 e. The van der Waals surface area contributed by atoms with E-state index in [1.807, 2.05) is 33.2 Å². The number of nitrogens with two attached hydrogens (primary N) is 1. The normalized spacial score (nSPS) is 12.8. The third-order valence-electron chi connectivity index (χ3n) is 3.15. The van der Waals surface area contributed by atoms with Gasteiger partial charge in [-0.15, -0.1) is 0 Å². The Morgan fingerprint density at radius 1 is 1.21 bits per heavy atom. The number of hydrogen-bond acceptors (Lipinski definition) is 3. The van der Waals surface area contributed by atoms with E-state index in [1.54, 1.807) is 6.07 Å². The predicted molar refractivity (Wildman–Crippen MR) is 80.1 cm³/mol. The van der Waals surface area contributed by atoms with Crippen LogP contribution >= 0.6 is 0 Å². The van der Waals surface area contributed by atoms with E-state index in [2.05, 4.69) is 16.7 Å². The van der Waals surface area contributed by atoms with Crippen LogP contribution in [0.15, 0.2) is 18.2 Å². The van der Waals surface area contributed by atoms with E-state index in [4.69, 9.17) is 5.73 Å².